The smallest absolute Gasteiger partial charge is 0.338 e. The summed E-state index contributed by atoms with van der Waals surface area (Å²) in [4.78, 5) is 22.9. The Morgan fingerprint density at radius 3 is 2.52 bits per heavy atom. The number of aryl methyl sites for hydroxylation is 1. The third kappa shape index (κ3) is 3.31. The number of amides is 1. The van der Waals surface area contributed by atoms with Crippen LogP contribution in [-0.2, 0) is 5.54 Å². The van der Waals surface area contributed by atoms with Crippen LogP contribution in [0.4, 0.5) is 0 Å². The van der Waals surface area contributed by atoms with E-state index in [1.165, 1.54) is 6.07 Å². The third-order valence-electron chi connectivity index (χ3n) is 3.24. The second-order valence-electron chi connectivity index (χ2n) is 5.45. The van der Waals surface area contributed by atoms with E-state index in [0.29, 0.717) is 0 Å². The van der Waals surface area contributed by atoms with Crippen LogP contribution < -0.4 is 5.32 Å². The highest BCUT2D eigenvalue weighted by molar-refractivity contribution is 5.95. The van der Waals surface area contributed by atoms with E-state index in [9.17, 15) is 9.59 Å². The first-order valence-corrected chi connectivity index (χ1v) is 6.51. The molecule has 0 bridgehead atoms. The minimum absolute atomic E-state index is 0.0203. The van der Waals surface area contributed by atoms with Crippen LogP contribution in [0.1, 0.15) is 45.9 Å². The van der Waals surface area contributed by atoms with E-state index in [4.69, 9.17) is 9.52 Å². The predicted molar refractivity (Wildman–Crippen MR) is 77.3 cm³/mol. The summed E-state index contributed by atoms with van der Waals surface area (Å²) >= 11 is 0. The number of benzene rings is 1. The second kappa shape index (κ2) is 5.44. The first kappa shape index (κ1) is 14.8. The maximum absolute atomic E-state index is 12.2. The molecule has 0 saturated carbocycles. The zero-order valence-electron chi connectivity index (χ0n) is 12.1. The van der Waals surface area contributed by atoms with Gasteiger partial charge in [-0.3, -0.25) is 4.79 Å². The minimum atomic E-state index is -1.13. The lowest BCUT2D eigenvalue weighted by molar-refractivity contribution is 0.0695. The molecule has 5 nitrogen and oxygen atoms in total. The summed E-state index contributed by atoms with van der Waals surface area (Å²) in [6.45, 7) is 5.73. The van der Waals surface area contributed by atoms with E-state index in [2.05, 4.69) is 5.32 Å². The quantitative estimate of drug-likeness (QED) is 0.906. The fourth-order valence-electron chi connectivity index (χ4n) is 2.02. The van der Waals surface area contributed by atoms with Gasteiger partial charge in [0.25, 0.3) is 5.91 Å². The molecule has 0 spiro atoms. The molecular formula is C16H17NO4. The lowest BCUT2D eigenvalue weighted by Gasteiger charge is -2.26. The van der Waals surface area contributed by atoms with Crippen LogP contribution in [0.2, 0.25) is 0 Å². The van der Waals surface area contributed by atoms with E-state index in [-0.39, 0.29) is 11.3 Å². The first-order chi connectivity index (χ1) is 9.79. The summed E-state index contributed by atoms with van der Waals surface area (Å²) in [6.07, 6.45) is 1.05. The van der Waals surface area contributed by atoms with Crippen molar-refractivity contribution in [1.82, 2.24) is 5.32 Å². The van der Waals surface area contributed by atoms with Crippen LogP contribution >= 0.6 is 0 Å². The van der Waals surface area contributed by atoms with E-state index in [0.717, 1.165) is 17.4 Å². The molecular weight excluding hydrogens is 270 g/mol. The van der Waals surface area contributed by atoms with Crippen molar-refractivity contribution in [1.29, 1.82) is 0 Å². The molecule has 0 unspecified atom stereocenters. The molecule has 0 fully saturated rings. The van der Waals surface area contributed by atoms with Gasteiger partial charge in [-0.15, -0.1) is 0 Å². The average Bonchev–Trinajstić information content (AvgIpc) is 2.88. The molecule has 0 aliphatic heterocycles. The van der Waals surface area contributed by atoms with Crippen LogP contribution in [0.3, 0.4) is 0 Å². The largest absolute Gasteiger partial charge is 0.478 e. The lowest BCUT2D eigenvalue weighted by atomic mass is 9.93. The highest BCUT2D eigenvalue weighted by Crippen LogP contribution is 2.22. The van der Waals surface area contributed by atoms with Gasteiger partial charge >= 0.3 is 5.97 Å². The molecule has 110 valence electrons. The van der Waals surface area contributed by atoms with Gasteiger partial charge in [-0.1, -0.05) is 29.8 Å². The van der Waals surface area contributed by atoms with Crippen molar-refractivity contribution < 1.29 is 19.1 Å². The van der Waals surface area contributed by atoms with Gasteiger partial charge in [-0.05, 0) is 26.3 Å². The van der Waals surface area contributed by atoms with E-state index >= 15 is 0 Å². The van der Waals surface area contributed by atoms with Gasteiger partial charge in [-0.25, -0.2) is 4.79 Å². The minimum Gasteiger partial charge on any atom is -0.478 e. The van der Waals surface area contributed by atoms with Gasteiger partial charge in [-0.2, -0.15) is 0 Å². The molecule has 1 aromatic carbocycles. The third-order valence-corrected chi connectivity index (χ3v) is 3.24. The summed E-state index contributed by atoms with van der Waals surface area (Å²) < 4.78 is 5.00. The number of carbonyl (C=O) groups excluding carboxylic acids is 1. The van der Waals surface area contributed by atoms with E-state index in [1.54, 1.807) is 0 Å². The molecule has 0 aliphatic carbocycles. The summed E-state index contributed by atoms with van der Waals surface area (Å²) in [6, 6.07) is 9.04. The van der Waals surface area contributed by atoms with Gasteiger partial charge < -0.3 is 14.8 Å². The fraction of sp³-hybridized carbons (Fsp3) is 0.250. The van der Waals surface area contributed by atoms with Crippen LogP contribution in [0, 0.1) is 6.92 Å². The first-order valence-electron chi connectivity index (χ1n) is 6.51. The molecule has 1 heterocycles. The highest BCUT2D eigenvalue weighted by atomic mass is 16.4. The Bertz CT molecular complexity index is 685. The van der Waals surface area contributed by atoms with Crippen molar-refractivity contribution in [3.05, 3.63) is 59.0 Å². The molecule has 1 aromatic heterocycles. The number of carboxylic acids is 1. The summed E-state index contributed by atoms with van der Waals surface area (Å²) in [5.74, 6) is -1.60. The van der Waals surface area contributed by atoms with Gasteiger partial charge in [0, 0.05) is 6.07 Å². The van der Waals surface area contributed by atoms with Crippen molar-refractivity contribution in [3.63, 3.8) is 0 Å². The number of aromatic carboxylic acids is 1. The Morgan fingerprint density at radius 2 is 1.95 bits per heavy atom. The maximum Gasteiger partial charge on any atom is 0.338 e. The van der Waals surface area contributed by atoms with Crippen LogP contribution in [0.5, 0.6) is 0 Å². The number of carbonyl (C=O) groups is 2. The molecule has 0 saturated heterocycles. The van der Waals surface area contributed by atoms with E-state index in [1.807, 2.05) is 45.0 Å². The molecule has 2 N–H and O–H groups in total. The molecule has 2 rings (SSSR count). The molecule has 0 radical (unpaired) electrons. The monoisotopic (exact) mass is 287 g/mol. The van der Waals surface area contributed by atoms with Gasteiger partial charge in [0.05, 0.1) is 11.1 Å². The fourth-order valence-corrected chi connectivity index (χ4v) is 2.02. The second-order valence-corrected chi connectivity index (χ2v) is 5.45. The highest BCUT2D eigenvalue weighted by Gasteiger charge is 2.25. The Kier molecular flexibility index (Phi) is 3.84. The Labute approximate surface area is 122 Å². The van der Waals surface area contributed by atoms with Crippen LogP contribution in [0.25, 0.3) is 0 Å². The zero-order chi connectivity index (χ0) is 15.6. The van der Waals surface area contributed by atoms with Crippen molar-refractivity contribution in [2.45, 2.75) is 26.3 Å². The van der Waals surface area contributed by atoms with Crippen molar-refractivity contribution >= 4 is 11.9 Å². The van der Waals surface area contributed by atoms with Crippen LogP contribution in [-0.4, -0.2) is 17.0 Å². The molecule has 0 atom stereocenters. The molecule has 2 aromatic rings. The number of furan rings is 1. The normalized spacial score (nSPS) is 11.2. The summed E-state index contributed by atoms with van der Waals surface area (Å²) in [5.41, 5.74) is 1.41. The SMILES string of the molecule is Cc1cccc(C(C)(C)NC(=O)c2cc(C(=O)O)co2)c1. The van der Waals surface area contributed by atoms with Crippen LogP contribution in [0.15, 0.2) is 41.0 Å². The molecule has 5 heteroatoms. The van der Waals surface area contributed by atoms with Gasteiger partial charge in [0.2, 0.25) is 0 Å². The number of carboxylic acid groups (broad SMARTS) is 1. The van der Waals surface area contributed by atoms with Crippen molar-refractivity contribution in [2.24, 2.45) is 0 Å². The average molecular weight is 287 g/mol. The number of hydrogen-bond donors (Lipinski definition) is 2. The maximum atomic E-state index is 12.2. The number of nitrogens with one attached hydrogen (secondary N) is 1. The van der Waals surface area contributed by atoms with Gasteiger partial charge in [0.1, 0.15) is 6.26 Å². The lowest BCUT2D eigenvalue weighted by Crippen LogP contribution is -2.40. The van der Waals surface area contributed by atoms with Crippen molar-refractivity contribution in [2.75, 3.05) is 0 Å². The predicted octanol–water partition coefficient (Wildman–Crippen LogP) is 2.95. The Morgan fingerprint density at radius 1 is 1.24 bits per heavy atom. The van der Waals surface area contributed by atoms with Gasteiger partial charge in [0.15, 0.2) is 5.76 Å². The summed E-state index contributed by atoms with van der Waals surface area (Å²) in [5, 5.41) is 11.7. The topological polar surface area (TPSA) is 79.5 Å². The van der Waals surface area contributed by atoms with Crippen molar-refractivity contribution in [3.8, 4) is 0 Å². The number of rotatable bonds is 4. The Balaban J connectivity index is 2.19. The molecule has 1 amide bonds. The Hall–Kier alpha value is -2.56. The standard InChI is InChI=1S/C16H17NO4/c1-10-5-4-6-12(7-10)16(2,3)17-14(18)13-8-11(9-21-13)15(19)20/h4-9H,1-3H3,(H,17,18)(H,19,20). The molecule has 0 aliphatic rings. The number of hydrogen-bond acceptors (Lipinski definition) is 3. The van der Waals surface area contributed by atoms with E-state index < -0.39 is 17.4 Å². The zero-order valence-corrected chi connectivity index (χ0v) is 12.1. The summed E-state index contributed by atoms with van der Waals surface area (Å²) in [7, 11) is 0. The molecule has 21 heavy (non-hydrogen) atoms.